The molecule has 1 N–H and O–H groups in total. The summed E-state index contributed by atoms with van der Waals surface area (Å²) < 4.78 is 3.19. The van der Waals surface area contributed by atoms with Crippen molar-refractivity contribution in [1.82, 2.24) is 4.98 Å². The zero-order chi connectivity index (χ0) is 15.4. The molecule has 0 unspecified atom stereocenters. The van der Waals surface area contributed by atoms with E-state index in [1.54, 1.807) is 23.1 Å². The van der Waals surface area contributed by atoms with Gasteiger partial charge < -0.3 is 5.32 Å². The summed E-state index contributed by atoms with van der Waals surface area (Å²) in [5.41, 5.74) is 1.84. The van der Waals surface area contributed by atoms with Gasteiger partial charge in [0.1, 0.15) is 0 Å². The average Bonchev–Trinajstić information content (AvgIpc) is 2.92. The topological polar surface area (TPSA) is 42.0 Å². The van der Waals surface area contributed by atoms with Gasteiger partial charge in [-0.25, -0.2) is 4.98 Å². The third-order valence-corrected chi connectivity index (χ3v) is 5.67. The first-order chi connectivity index (χ1) is 10.7. The number of aromatic nitrogens is 1. The highest BCUT2D eigenvalue weighted by Gasteiger charge is 2.06. The molecule has 0 atom stereocenters. The van der Waals surface area contributed by atoms with E-state index in [0.29, 0.717) is 6.42 Å². The highest BCUT2D eigenvalue weighted by atomic mass is 79.9. The number of hydrogen-bond donors (Lipinski definition) is 1. The Kier molecular flexibility index (Phi) is 5.12. The van der Waals surface area contributed by atoms with E-state index in [2.05, 4.69) is 32.3 Å². The van der Waals surface area contributed by atoms with Crippen LogP contribution >= 0.6 is 39.0 Å². The van der Waals surface area contributed by atoms with Gasteiger partial charge in [-0.05, 0) is 36.4 Å². The molecule has 22 heavy (non-hydrogen) atoms. The maximum Gasteiger partial charge on any atom is 0.225 e. The summed E-state index contributed by atoms with van der Waals surface area (Å²) in [6.45, 7) is 0. The number of fused-ring (bicyclic) bond motifs is 1. The fraction of sp³-hybridized carbons (Fsp3) is 0.125. The number of anilines is 1. The van der Waals surface area contributed by atoms with Crippen molar-refractivity contribution in [3.8, 4) is 0 Å². The van der Waals surface area contributed by atoms with Crippen LogP contribution in [0.2, 0.25) is 0 Å². The van der Waals surface area contributed by atoms with Crippen LogP contribution in [0.5, 0.6) is 0 Å². The quantitative estimate of drug-likeness (QED) is 0.608. The molecule has 0 saturated carbocycles. The maximum atomic E-state index is 11.9. The number of para-hydroxylation sites is 1. The van der Waals surface area contributed by atoms with Gasteiger partial charge in [0.05, 0.1) is 10.2 Å². The van der Waals surface area contributed by atoms with Crippen LogP contribution < -0.4 is 5.32 Å². The molecule has 1 amide bonds. The Bertz CT molecular complexity index is 753. The molecule has 112 valence electrons. The Labute approximate surface area is 145 Å². The summed E-state index contributed by atoms with van der Waals surface area (Å²) in [6, 6.07) is 15.7. The highest BCUT2D eigenvalue weighted by molar-refractivity contribution is 9.10. The summed E-state index contributed by atoms with van der Waals surface area (Å²) in [5, 5.41) is 2.89. The summed E-state index contributed by atoms with van der Waals surface area (Å²) in [7, 11) is 0. The second kappa shape index (κ2) is 7.26. The van der Waals surface area contributed by atoms with E-state index in [9.17, 15) is 4.79 Å². The van der Waals surface area contributed by atoms with Crippen LogP contribution in [-0.2, 0) is 4.79 Å². The van der Waals surface area contributed by atoms with Crippen LogP contribution in [0.1, 0.15) is 6.42 Å². The largest absolute Gasteiger partial charge is 0.326 e. The van der Waals surface area contributed by atoms with Crippen LogP contribution in [0.25, 0.3) is 10.2 Å². The molecule has 3 aromatic rings. The van der Waals surface area contributed by atoms with Crippen LogP contribution in [0.3, 0.4) is 0 Å². The van der Waals surface area contributed by atoms with Gasteiger partial charge in [-0.3, -0.25) is 4.79 Å². The smallest absolute Gasteiger partial charge is 0.225 e. The molecule has 3 nitrogen and oxygen atoms in total. The van der Waals surface area contributed by atoms with Crippen molar-refractivity contribution in [2.24, 2.45) is 0 Å². The first kappa shape index (κ1) is 15.5. The lowest BCUT2D eigenvalue weighted by Gasteiger charge is -2.04. The van der Waals surface area contributed by atoms with E-state index in [1.165, 1.54) is 4.70 Å². The van der Waals surface area contributed by atoms with Gasteiger partial charge >= 0.3 is 0 Å². The summed E-state index contributed by atoms with van der Waals surface area (Å²) in [5.74, 6) is 0.748. The van der Waals surface area contributed by atoms with Gasteiger partial charge in [0.15, 0.2) is 4.34 Å². The van der Waals surface area contributed by atoms with Crippen LogP contribution in [0, 0.1) is 0 Å². The molecule has 0 radical (unpaired) electrons. The first-order valence-corrected chi connectivity index (χ1v) is 9.34. The Hall–Kier alpha value is -1.37. The molecular formula is C16H13BrN2OS2. The molecule has 0 bridgehead atoms. The predicted molar refractivity (Wildman–Crippen MR) is 97.7 cm³/mol. The molecule has 0 aliphatic heterocycles. The fourth-order valence-corrected chi connectivity index (χ4v) is 4.24. The van der Waals surface area contributed by atoms with Crippen molar-refractivity contribution in [2.75, 3.05) is 11.1 Å². The average molecular weight is 393 g/mol. The highest BCUT2D eigenvalue weighted by Crippen LogP contribution is 2.29. The zero-order valence-corrected chi connectivity index (χ0v) is 14.8. The van der Waals surface area contributed by atoms with Gasteiger partial charge in [0, 0.05) is 22.3 Å². The number of benzene rings is 2. The number of hydrogen-bond acceptors (Lipinski definition) is 4. The molecule has 0 saturated heterocycles. The minimum absolute atomic E-state index is 0.0240. The molecule has 1 aromatic heterocycles. The minimum Gasteiger partial charge on any atom is -0.326 e. The van der Waals surface area contributed by atoms with Crippen molar-refractivity contribution < 1.29 is 4.79 Å². The second-order valence-electron chi connectivity index (χ2n) is 4.60. The molecule has 3 rings (SSSR count). The Morgan fingerprint density at radius 2 is 1.95 bits per heavy atom. The molecule has 0 aliphatic rings. The number of thiazole rings is 1. The number of nitrogens with one attached hydrogen (secondary N) is 1. The number of carbonyl (C=O) groups is 1. The molecule has 0 aliphatic carbocycles. The molecule has 6 heteroatoms. The lowest BCUT2D eigenvalue weighted by Crippen LogP contribution is -2.11. The Balaban J connectivity index is 1.49. The van der Waals surface area contributed by atoms with E-state index in [1.807, 2.05) is 42.5 Å². The SMILES string of the molecule is O=C(CCSc1nc2ccccc2s1)Nc1ccc(Br)cc1. The standard InChI is InChI=1S/C16H13BrN2OS2/c17-11-5-7-12(8-6-11)18-15(20)9-10-21-16-19-13-3-1-2-4-14(13)22-16/h1-8H,9-10H2,(H,18,20). The maximum absolute atomic E-state index is 11.9. The molecule has 1 heterocycles. The molecule has 0 fully saturated rings. The first-order valence-electron chi connectivity index (χ1n) is 6.74. The lowest BCUT2D eigenvalue weighted by molar-refractivity contribution is -0.115. The number of halogens is 1. The lowest BCUT2D eigenvalue weighted by atomic mass is 10.3. The van der Waals surface area contributed by atoms with Crippen molar-refractivity contribution in [3.05, 3.63) is 53.0 Å². The van der Waals surface area contributed by atoms with Gasteiger partial charge in [-0.1, -0.05) is 39.8 Å². The third-order valence-electron chi connectivity index (χ3n) is 2.96. The Morgan fingerprint density at radius 1 is 1.18 bits per heavy atom. The van der Waals surface area contributed by atoms with Gasteiger partial charge in [-0.15, -0.1) is 11.3 Å². The number of amides is 1. The normalized spacial score (nSPS) is 10.8. The van der Waals surface area contributed by atoms with Crippen LogP contribution in [0.15, 0.2) is 57.3 Å². The fourth-order valence-electron chi connectivity index (χ4n) is 1.90. The minimum atomic E-state index is 0.0240. The summed E-state index contributed by atoms with van der Waals surface area (Å²) in [4.78, 5) is 16.5. The third kappa shape index (κ3) is 4.09. The van der Waals surface area contributed by atoms with Crippen molar-refractivity contribution in [3.63, 3.8) is 0 Å². The van der Waals surface area contributed by atoms with E-state index in [-0.39, 0.29) is 5.91 Å². The predicted octanol–water partition coefficient (Wildman–Crippen LogP) is 5.18. The molecule has 0 spiro atoms. The Morgan fingerprint density at radius 3 is 2.73 bits per heavy atom. The number of thioether (sulfide) groups is 1. The molecular weight excluding hydrogens is 380 g/mol. The van der Waals surface area contributed by atoms with Crippen LogP contribution in [-0.4, -0.2) is 16.6 Å². The summed E-state index contributed by atoms with van der Waals surface area (Å²) >= 11 is 6.67. The van der Waals surface area contributed by atoms with Crippen molar-refractivity contribution >= 4 is 60.8 Å². The second-order valence-corrected chi connectivity index (χ2v) is 7.89. The van der Waals surface area contributed by atoms with Crippen molar-refractivity contribution in [1.29, 1.82) is 0 Å². The van der Waals surface area contributed by atoms with E-state index >= 15 is 0 Å². The van der Waals surface area contributed by atoms with E-state index < -0.39 is 0 Å². The van der Waals surface area contributed by atoms with Gasteiger partial charge in [0.2, 0.25) is 5.91 Å². The zero-order valence-electron chi connectivity index (χ0n) is 11.6. The van der Waals surface area contributed by atoms with Crippen LogP contribution in [0.4, 0.5) is 5.69 Å². The van der Waals surface area contributed by atoms with Gasteiger partial charge in [0.25, 0.3) is 0 Å². The number of carbonyl (C=O) groups excluding carboxylic acids is 1. The van der Waals surface area contributed by atoms with Crippen molar-refractivity contribution in [2.45, 2.75) is 10.8 Å². The number of nitrogens with zero attached hydrogens (tertiary/aromatic N) is 1. The monoisotopic (exact) mass is 392 g/mol. The molecule has 2 aromatic carbocycles. The summed E-state index contributed by atoms with van der Waals surface area (Å²) in [6.07, 6.45) is 0.469. The van der Waals surface area contributed by atoms with E-state index in [0.717, 1.165) is 25.8 Å². The van der Waals surface area contributed by atoms with E-state index in [4.69, 9.17) is 0 Å². The van der Waals surface area contributed by atoms with Gasteiger partial charge in [-0.2, -0.15) is 0 Å². The number of rotatable bonds is 5.